The number of hydrogen-bond donors (Lipinski definition) is 1. The van der Waals surface area contributed by atoms with Crippen LogP contribution in [0.5, 0.6) is 0 Å². The fourth-order valence-electron chi connectivity index (χ4n) is 2.08. The van der Waals surface area contributed by atoms with Crippen LogP contribution in [0.25, 0.3) is 0 Å². The molecule has 0 rings (SSSR count). The van der Waals surface area contributed by atoms with E-state index in [0.717, 1.165) is 32.2 Å². The fraction of sp³-hybridized carbons (Fsp3) is 1.00. The Balaban J connectivity index is 3.88. The molecule has 1 unspecified atom stereocenters. The van der Waals surface area contributed by atoms with Crippen LogP contribution in [0.3, 0.4) is 0 Å². The monoisotopic (exact) mass is 277 g/mol. The molecule has 0 fully saturated rings. The molecular formula is C14H31NO2S. The van der Waals surface area contributed by atoms with E-state index in [1.807, 2.05) is 0 Å². The van der Waals surface area contributed by atoms with E-state index < -0.39 is 9.84 Å². The largest absolute Gasteiger partial charge is 0.314 e. The van der Waals surface area contributed by atoms with Crippen molar-refractivity contribution in [2.75, 3.05) is 18.1 Å². The van der Waals surface area contributed by atoms with Crippen molar-refractivity contribution in [1.29, 1.82) is 0 Å². The third-order valence-corrected chi connectivity index (χ3v) is 4.93. The Morgan fingerprint density at radius 3 is 2.28 bits per heavy atom. The molecular weight excluding hydrogens is 246 g/mol. The Bertz CT molecular complexity index is 286. The Labute approximate surface area is 114 Å². The maximum Gasteiger partial charge on any atom is 0.150 e. The highest BCUT2D eigenvalue weighted by Crippen LogP contribution is 2.12. The van der Waals surface area contributed by atoms with E-state index in [9.17, 15) is 8.42 Å². The standard InChI is InChI=1S/C14H31NO2S/c1-5-10-15-14(12-13(3)4)9-7-8-11-18(16,17)6-2/h13-15H,5-12H2,1-4H3. The average molecular weight is 277 g/mol. The Morgan fingerprint density at radius 2 is 1.78 bits per heavy atom. The van der Waals surface area contributed by atoms with Crippen LogP contribution in [0.4, 0.5) is 0 Å². The van der Waals surface area contributed by atoms with Gasteiger partial charge in [0.05, 0.1) is 5.75 Å². The molecule has 1 atom stereocenters. The zero-order valence-corrected chi connectivity index (χ0v) is 13.4. The van der Waals surface area contributed by atoms with E-state index in [1.54, 1.807) is 6.92 Å². The van der Waals surface area contributed by atoms with Crippen LogP contribution in [0.2, 0.25) is 0 Å². The van der Waals surface area contributed by atoms with Gasteiger partial charge in [-0.15, -0.1) is 0 Å². The van der Waals surface area contributed by atoms with Crippen LogP contribution < -0.4 is 5.32 Å². The SMILES string of the molecule is CCCNC(CCCCS(=O)(=O)CC)CC(C)C. The van der Waals surface area contributed by atoms with Gasteiger partial charge in [-0.2, -0.15) is 0 Å². The Kier molecular flexibility index (Phi) is 9.74. The maximum atomic E-state index is 11.4. The van der Waals surface area contributed by atoms with E-state index in [-0.39, 0.29) is 5.75 Å². The van der Waals surface area contributed by atoms with Crippen LogP contribution in [-0.4, -0.2) is 32.5 Å². The second-order valence-corrected chi connectivity index (χ2v) is 7.99. The number of unbranched alkanes of at least 4 members (excludes halogenated alkanes) is 1. The highest BCUT2D eigenvalue weighted by Gasteiger charge is 2.11. The number of sulfone groups is 1. The minimum Gasteiger partial charge on any atom is -0.314 e. The van der Waals surface area contributed by atoms with Gasteiger partial charge < -0.3 is 5.32 Å². The van der Waals surface area contributed by atoms with Gasteiger partial charge in [0, 0.05) is 11.8 Å². The third kappa shape index (κ3) is 9.89. The van der Waals surface area contributed by atoms with Crippen LogP contribution in [0.15, 0.2) is 0 Å². The molecule has 0 aromatic carbocycles. The van der Waals surface area contributed by atoms with Crippen LogP contribution in [-0.2, 0) is 9.84 Å². The van der Waals surface area contributed by atoms with Crippen molar-refractivity contribution in [3.63, 3.8) is 0 Å². The summed E-state index contributed by atoms with van der Waals surface area (Å²) in [7, 11) is -2.78. The first-order valence-corrected chi connectivity index (χ1v) is 9.17. The quantitative estimate of drug-likeness (QED) is 0.591. The van der Waals surface area contributed by atoms with E-state index in [2.05, 4.69) is 26.1 Å². The zero-order chi connectivity index (χ0) is 14.0. The molecule has 0 aliphatic heterocycles. The lowest BCUT2D eigenvalue weighted by Crippen LogP contribution is -2.31. The van der Waals surface area contributed by atoms with Crippen LogP contribution >= 0.6 is 0 Å². The Morgan fingerprint density at radius 1 is 1.11 bits per heavy atom. The molecule has 0 bridgehead atoms. The van der Waals surface area contributed by atoms with Crippen LogP contribution in [0.1, 0.15) is 59.8 Å². The van der Waals surface area contributed by atoms with Crippen molar-refractivity contribution < 1.29 is 8.42 Å². The highest BCUT2D eigenvalue weighted by atomic mass is 32.2. The smallest absolute Gasteiger partial charge is 0.150 e. The molecule has 0 saturated heterocycles. The summed E-state index contributed by atoms with van der Waals surface area (Å²) in [5.74, 6) is 1.32. The van der Waals surface area contributed by atoms with Gasteiger partial charge in [-0.3, -0.25) is 0 Å². The molecule has 0 aromatic rings. The first-order valence-electron chi connectivity index (χ1n) is 7.35. The second-order valence-electron chi connectivity index (χ2n) is 5.51. The minimum atomic E-state index is -2.78. The zero-order valence-electron chi connectivity index (χ0n) is 12.5. The van der Waals surface area contributed by atoms with Crippen molar-refractivity contribution in [3.8, 4) is 0 Å². The van der Waals surface area contributed by atoms with E-state index in [0.29, 0.717) is 17.7 Å². The molecule has 0 saturated carbocycles. The second kappa shape index (κ2) is 9.79. The summed E-state index contributed by atoms with van der Waals surface area (Å²) in [6.07, 6.45) is 5.24. The minimum absolute atomic E-state index is 0.274. The first kappa shape index (κ1) is 17.9. The van der Waals surface area contributed by atoms with Crippen molar-refractivity contribution in [1.82, 2.24) is 5.32 Å². The van der Waals surface area contributed by atoms with E-state index in [1.165, 1.54) is 6.42 Å². The summed E-state index contributed by atoms with van der Waals surface area (Å²) < 4.78 is 22.8. The number of hydrogen-bond acceptors (Lipinski definition) is 3. The van der Waals surface area contributed by atoms with Gasteiger partial charge in [0.1, 0.15) is 9.84 Å². The molecule has 18 heavy (non-hydrogen) atoms. The van der Waals surface area contributed by atoms with Crippen molar-refractivity contribution in [2.45, 2.75) is 65.8 Å². The summed E-state index contributed by atoms with van der Waals surface area (Å²) in [4.78, 5) is 0. The van der Waals surface area contributed by atoms with E-state index >= 15 is 0 Å². The predicted molar refractivity (Wildman–Crippen MR) is 79.7 cm³/mol. The molecule has 0 aromatic heterocycles. The summed E-state index contributed by atoms with van der Waals surface area (Å²) >= 11 is 0. The third-order valence-electron chi connectivity index (χ3n) is 3.14. The summed E-state index contributed by atoms with van der Waals surface area (Å²) in [5.41, 5.74) is 0. The molecule has 0 spiro atoms. The maximum absolute atomic E-state index is 11.4. The normalized spacial score (nSPS) is 14.1. The lowest BCUT2D eigenvalue weighted by Gasteiger charge is -2.20. The Hall–Kier alpha value is -0.0900. The van der Waals surface area contributed by atoms with E-state index in [4.69, 9.17) is 0 Å². The average Bonchev–Trinajstić information content (AvgIpc) is 2.30. The number of rotatable bonds is 11. The first-order chi connectivity index (χ1) is 8.41. The highest BCUT2D eigenvalue weighted by molar-refractivity contribution is 7.91. The van der Waals surface area contributed by atoms with Gasteiger partial charge in [-0.05, 0) is 38.1 Å². The molecule has 0 amide bonds. The molecule has 0 aliphatic rings. The van der Waals surface area contributed by atoms with Gasteiger partial charge in [0.25, 0.3) is 0 Å². The molecule has 4 heteroatoms. The molecule has 0 radical (unpaired) electrons. The fourth-order valence-corrected chi connectivity index (χ4v) is 3.01. The lowest BCUT2D eigenvalue weighted by molar-refractivity contribution is 0.390. The molecule has 110 valence electrons. The van der Waals surface area contributed by atoms with Gasteiger partial charge >= 0.3 is 0 Å². The summed E-state index contributed by atoms with van der Waals surface area (Å²) in [6.45, 7) is 9.43. The molecule has 1 N–H and O–H groups in total. The predicted octanol–water partition coefficient (Wildman–Crippen LogP) is 3.01. The topological polar surface area (TPSA) is 46.2 Å². The van der Waals surface area contributed by atoms with Gasteiger partial charge in [0.15, 0.2) is 0 Å². The van der Waals surface area contributed by atoms with Crippen molar-refractivity contribution >= 4 is 9.84 Å². The molecule has 0 aliphatic carbocycles. The summed E-state index contributed by atoms with van der Waals surface area (Å²) in [5, 5.41) is 3.56. The van der Waals surface area contributed by atoms with Crippen LogP contribution in [0, 0.1) is 5.92 Å². The van der Waals surface area contributed by atoms with Gasteiger partial charge in [-0.25, -0.2) is 8.42 Å². The lowest BCUT2D eigenvalue weighted by atomic mass is 9.99. The van der Waals surface area contributed by atoms with Crippen molar-refractivity contribution in [2.24, 2.45) is 5.92 Å². The molecule has 3 nitrogen and oxygen atoms in total. The van der Waals surface area contributed by atoms with Gasteiger partial charge in [0.2, 0.25) is 0 Å². The van der Waals surface area contributed by atoms with Gasteiger partial charge in [-0.1, -0.05) is 34.1 Å². The molecule has 0 heterocycles. The summed E-state index contributed by atoms with van der Waals surface area (Å²) in [6, 6.07) is 0.550. The van der Waals surface area contributed by atoms with Crippen molar-refractivity contribution in [3.05, 3.63) is 0 Å². The number of nitrogens with one attached hydrogen (secondary N) is 1.